The number of carbonyl (C=O) groups excluding carboxylic acids is 1. The van der Waals surface area contributed by atoms with Gasteiger partial charge in [0.05, 0.1) is 0 Å². The van der Waals surface area contributed by atoms with Crippen LogP contribution in [0.5, 0.6) is 0 Å². The topological polar surface area (TPSA) is 17.1 Å². The van der Waals surface area contributed by atoms with Gasteiger partial charge in [-0.15, -0.1) is 22.9 Å². The van der Waals surface area contributed by atoms with Gasteiger partial charge in [0.1, 0.15) is 5.78 Å². The molecule has 0 amide bonds. The summed E-state index contributed by atoms with van der Waals surface area (Å²) in [6.45, 7) is 0. The van der Waals surface area contributed by atoms with Crippen LogP contribution >= 0.6 is 22.9 Å². The number of ketones is 1. The first kappa shape index (κ1) is 9.75. The average molecular weight is 203 g/mol. The summed E-state index contributed by atoms with van der Waals surface area (Å²) in [5.41, 5.74) is 0. The first-order valence-electron chi connectivity index (χ1n) is 3.93. The highest BCUT2D eigenvalue weighted by molar-refractivity contribution is 7.10. The fourth-order valence-electron chi connectivity index (χ4n) is 0.960. The van der Waals surface area contributed by atoms with E-state index < -0.39 is 0 Å². The van der Waals surface area contributed by atoms with Gasteiger partial charge in [-0.05, 0) is 17.9 Å². The molecule has 3 heteroatoms. The number of halogens is 1. The predicted molar refractivity (Wildman–Crippen MR) is 53.0 cm³/mol. The highest BCUT2D eigenvalue weighted by Gasteiger charge is 2.03. The Balaban J connectivity index is 2.27. The second-order valence-electron chi connectivity index (χ2n) is 2.59. The van der Waals surface area contributed by atoms with Crippen LogP contribution in [0.1, 0.15) is 17.7 Å². The summed E-state index contributed by atoms with van der Waals surface area (Å²) < 4.78 is 0. The highest BCUT2D eigenvalue weighted by atomic mass is 35.5. The van der Waals surface area contributed by atoms with Crippen molar-refractivity contribution in [2.45, 2.75) is 19.3 Å². The minimum atomic E-state index is 0.290. The van der Waals surface area contributed by atoms with Gasteiger partial charge in [0.15, 0.2) is 0 Å². The van der Waals surface area contributed by atoms with Gasteiger partial charge in [0.2, 0.25) is 0 Å². The van der Waals surface area contributed by atoms with Crippen molar-refractivity contribution < 1.29 is 4.79 Å². The van der Waals surface area contributed by atoms with E-state index in [1.54, 1.807) is 11.3 Å². The first-order valence-corrected chi connectivity index (χ1v) is 5.34. The summed E-state index contributed by atoms with van der Waals surface area (Å²) in [5, 5.41) is 1.99. The maximum atomic E-state index is 11.2. The summed E-state index contributed by atoms with van der Waals surface area (Å²) >= 11 is 7.11. The molecular formula is C9H11ClOS. The quantitative estimate of drug-likeness (QED) is 0.672. The van der Waals surface area contributed by atoms with Crippen LogP contribution in [0.15, 0.2) is 17.5 Å². The van der Waals surface area contributed by atoms with Gasteiger partial charge in [0, 0.05) is 23.6 Å². The van der Waals surface area contributed by atoms with Crippen molar-refractivity contribution in [2.75, 3.05) is 5.88 Å². The zero-order valence-corrected chi connectivity index (χ0v) is 8.33. The molecule has 66 valence electrons. The normalized spacial score (nSPS) is 10.1. The third kappa shape index (κ3) is 3.37. The fourth-order valence-corrected chi connectivity index (χ4v) is 1.83. The van der Waals surface area contributed by atoms with Crippen LogP contribution in [-0.2, 0) is 11.2 Å². The van der Waals surface area contributed by atoms with Crippen LogP contribution in [0.3, 0.4) is 0 Å². The summed E-state index contributed by atoms with van der Waals surface area (Å²) in [6.07, 6.45) is 1.99. The second-order valence-corrected chi connectivity index (χ2v) is 4.00. The molecule has 1 aromatic heterocycles. The Hall–Kier alpha value is -0.340. The van der Waals surface area contributed by atoms with Gasteiger partial charge in [-0.3, -0.25) is 4.79 Å². The molecule has 0 spiro atoms. The fraction of sp³-hybridized carbons (Fsp3) is 0.444. The van der Waals surface area contributed by atoms with Crippen LogP contribution in [-0.4, -0.2) is 11.7 Å². The monoisotopic (exact) mass is 202 g/mol. The van der Waals surface area contributed by atoms with E-state index >= 15 is 0 Å². The Labute approximate surface area is 81.4 Å². The van der Waals surface area contributed by atoms with E-state index in [2.05, 4.69) is 0 Å². The number of alkyl halides is 1. The molecule has 0 aliphatic carbocycles. The molecule has 0 radical (unpaired) electrons. The second kappa shape index (κ2) is 5.33. The maximum absolute atomic E-state index is 11.2. The molecule has 0 aliphatic rings. The highest BCUT2D eigenvalue weighted by Crippen LogP contribution is 2.10. The minimum Gasteiger partial charge on any atom is -0.299 e. The van der Waals surface area contributed by atoms with E-state index in [4.69, 9.17) is 11.6 Å². The summed E-state index contributed by atoms with van der Waals surface area (Å²) in [4.78, 5) is 12.4. The van der Waals surface area contributed by atoms with Gasteiger partial charge in [-0.2, -0.15) is 0 Å². The number of hydrogen-bond acceptors (Lipinski definition) is 2. The Bertz CT molecular complexity index is 231. The molecular weight excluding hydrogens is 192 g/mol. The molecule has 0 N–H and O–H groups in total. The zero-order chi connectivity index (χ0) is 8.81. The predicted octanol–water partition coefficient (Wildman–Crippen LogP) is 2.88. The Morgan fingerprint density at radius 2 is 2.42 bits per heavy atom. The third-order valence-electron chi connectivity index (χ3n) is 1.54. The number of carbonyl (C=O) groups is 1. The lowest BCUT2D eigenvalue weighted by molar-refractivity contribution is -0.118. The van der Waals surface area contributed by atoms with Gasteiger partial charge in [-0.1, -0.05) is 6.07 Å². The molecule has 1 aromatic rings. The molecule has 1 rings (SSSR count). The van der Waals surface area contributed by atoms with Crippen LogP contribution < -0.4 is 0 Å². The van der Waals surface area contributed by atoms with Crippen molar-refractivity contribution >= 4 is 28.7 Å². The average Bonchev–Trinajstić information content (AvgIpc) is 2.53. The van der Waals surface area contributed by atoms with E-state index in [-0.39, 0.29) is 5.78 Å². The van der Waals surface area contributed by atoms with Crippen molar-refractivity contribution in [1.29, 1.82) is 0 Å². The van der Waals surface area contributed by atoms with Crippen molar-refractivity contribution in [2.24, 2.45) is 0 Å². The number of Topliss-reactive ketones (excluding diaryl/α,β-unsaturated/α-hetero) is 1. The van der Waals surface area contributed by atoms with Crippen LogP contribution in [0.2, 0.25) is 0 Å². The molecule has 0 saturated heterocycles. The SMILES string of the molecule is O=C(CCCCl)Cc1cccs1. The lowest BCUT2D eigenvalue weighted by Crippen LogP contribution is -2.00. The summed E-state index contributed by atoms with van der Waals surface area (Å²) in [7, 11) is 0. The first-order chi connectivity index (χ1) is 5.83. The number of thiophene rings is 1. The van der Waals surface area contributed by atoms with Crippen LogP contribution in [0.25, 0.3) is 0 Å². The Morgan fingerprint density at radius 1 is 1.58 bits per heavy atom. The third-order valence-corrected chi connectivity index (χ3v) is 2.68. The molecule has 12 heavy (non-hydrogen) atoms. The lowest BCUT2D eigenvalue weighted by Gasteiger charge is -1.95. The molecule has 1 heterocycles. The maximum Gasteiger partial charge on any atom is 0.138 e. The minimum absolute atomic E-state index is 0.290. The molecule has 0 aliphatic heterocycles. The Morgan fingerprint density at radius 3 is 3.00 bits per heavy atom. The van der Waals surface area contributed by atoms with Gasteiger partial charge in [0.25, 0.3) is 0 Å². The van der Waals surface area contributed by atoms with Crippen molar-refractivity contribution in [1.82, 2.24) is 0 Å². The molecule has 0 unspecified atom stereocenters. The standard InChI is InChI=1S/C9H11ClOS/c10-5-1-3-8(11)7-9-4-2-6-12-9/h2,4,6H,1,3,5,7H2. The van der Waals surface area contributed by atoms with Crippen molar-refractivity contribution in [3.8, 4) is 0 Å². The molecule has 1 nitrogen and oxygen atoms in total. The molecule has 0 fully saturated rings. The molecule has 0 bridgehead atoms. The van der Waals surface area contributed by atoms with E-state index in [1.807, 2.05) is 17.5 Å². The smallest absolute Gasteiger partial charge is 0.138 e. The molecule has 0 atom stereocenters. The molecule has 0 aromatic carbocycles. The van der Waals surface area contributed by atoms with Gasteiger partial charge >= 0.3 is 0 Å². The van der Waals surface area contributed by atoms with E-state index in [0.29, 0.717) is 18.7 Å². The van der Waals surface area contributed by atoms with Gasteiger partial charge in [-0.25, -0.2) is 0 Å². The molecule has 0 saturated carbocycles. The Kier molecular flexibility index (Phi) is 4.33. The summed E-state index contributed by atoms with van der Waals surface area (Å²) in [5.74, 6) is 0.869. The van der Waals surface area contributed by atoms with E-state index in [1.165, 1.54) is 0 Å². The van der Waals surface area contributed by atoms with Crippen LogP contribution in [0, 0.1) is 0 Å². The lowest BCUT2D eigenvalue weighted by atomic mass is 10.1. The number of rotatable bonds is 5. The van der Waals surface area contributed by atoms with Crippen molar-refractivity contribution in [3.63, 3.8) is 0 Å². The zero-order valence-electron chi connectivity index (χ0n) is 6.75. The number of hydrogen-bond donors (Lipinski definition) is 0. The van der Waals surface area contributed by atoms with E-state index in [0.717, 1.165) is 11.3 Å². The largest absolute Gasteiger partial charge is 0.299 e. The van der Waals surface area contributed by atoms with Crippen molar-refractivity contribution in [3.05, 3.63) is 22.4 Å². The van der Waals surface area contributed by atoms with Gasteiger partial charge < -0.3 is 0 Å². The van der Waals surface area contributed by atoms with E-state index in [9.17, 15) is 4.79 Å². The summed E-state index contributed by atoms with van der Waals surface area (Å²) in [6, 6.07) is 3.96. The van der Waals surface area contributed by atoms with Crippen LogP contribution in [0.4, 0.5) is 0 Å².